The van der Waals surface area contributed by atoms with E-state index in [9.17, 15) is 4.39 Å². The van der Waals surface area contributed by atoms with Crippen LogP contribution >= 0.6 is 12.2 Å². The highest BCUT2D eigenvalue weighted by atomic mass is 32.1. The lowest BCUT2D eigenvalue weighted by Crippen LogP contribution is -2.30. The SMILES string of the molecule is COc1cccnc1NC(=S)NCCCc1ccc(F)cc1. The lowest BCUT2D eigenvalue weighted by molar-refractivity contribution is 0.415. The van der Waals surface area contributed by atoms with E-state index < -0.39 is 0 Å². The van der Waals surface area contributed by atoms with Crippen molar-refractivity contribution in [3.63, 3.8) is 0 Å². The predicted molar refractivity (Wildman–Crippen MR) is 89.7 cm³/mol. The Hall–Kier alpha value is -2.21. The Bertz CT molecular complexity index is 619. The third kappa shape index (κ3) is 4.96. The maximum absolute atomic E-state index is 12.8. The second-order valence-corrected chi connectivity index (χ2v) is 5.07. The average Bonchev–Trinajstić information content (AvgIpc) is 2.54. The summed E-state index contributed by atoms with van der Waals surface area (Å²) < 4.78 is 18.0. The highest BCUT2D eigenvalue weighted by Gasteiger charge is 2.04. The number of anilines is 1. The van der Waals surface area contributed by atoms with E-state index in [1.165, 1.54) is 12.1 Å². The molecule has 0 atom stereocenters. The number of rotatable bonds is 6. The van der Waals surface area contributed by atoms with E-state index in [2.05, 4.69) is 15.6 Å². The van der Waals surface area contributed by atoms with Crippen molar-refractivity contribution < 1.29 is 9.13 Å². The first-order valence-electron chi connectivity index (χ1n) is 6.97. The summed E-state index contributed by atoms with van der Waals surface area (Å²) in [5.41, 5.74) is 1.11. The molecule has 0 fully saturated rings. The Balaban J connectivity index is 1.72. The fraction of sp³-hybridized carbons (Fsp3) is 0.250. The number of methoxy groups -OCH3 is 1. The fourth-order valence-electron chi connectivity index (χ4n) is 1.95. The van der Waals surface area contributed by atoms with E-state index in [-0.39, 0.29) is 5.82 Å². The van der Waals surface area contributed by atoms with Gasteiger partial charge in [-0.25, -0.2) is 9.37 Å². The van der Waals surface area contributed by atoms with Crippen LogP contribution < -0.4 is 15.4 Å². The Morgan fingerprint density at radius 1 is 1.27 bits per heavy atom. The number of thiocarbonyl (C=S) groups is 1. The first kappa shape index (κ1) is 16.2. The van der Waals surface area contributed by atoms with Crippen molar-refractivity contribution in [2.75, 3.05) is 19.0 Å². The molecule has 2 aromatic rings. The van der Waals surface area contributed by atoms with Crippen LogP contribution in [0.4, 0.5) is 10.2 Å². The first-order valence-corrected chi connectivity index (χ1v) is 7.38. The van der Waals surface area contributed by atoms with Crippen molar-refractivity contribution in [3.05, 3.63) is 54.0 Å². The number of nitrogens with zero attached hydrogens (tertiary/aromatic N) is 1. The number of hydrogen-bond donors (Lipinski definition) is 2. The van der Waals surface area contributed by atoms with E-state index in [0.717, 1.165) is 24.9 Å². The number of benzene rings is 1. The molecule has 1 aromatic heterocycles. The second kappa shape index (κ2) is 8.29. The molecule has 4 nitrogen and oxygen atoms in total. The van der Waals surface area contributed by atoms with Crippen LogP contribution in [0.1, 0.15) is 12.0 Å². The summed E-state index contributed by atoms with van der Waals surface area (Å²) in [6, 6.07) is 10.1. The zero-order chi connectivity index (χ0) is 15.8. The molecule has 0 saturated heterocycles. The van der Waals surface area contributed by atoms with Crippen molar-refractivity contribution in [1.82, 2.24) is 10.3 Å². The molecular weight excluding hydrogens is 301 g/mol. The molecule has 0 saturated carbocycles. The molecule has 22 heavy (non-hydrogen) atoms. The van der Waals surface area contributed by atoms with Crippen molar-refractivity contribution in [2.45, 2.75) is 12.8 Å². The number of ether oxygens (including phenoxy) is 1. The molecule has 116 valence electrons. The number of aromatic nitrogens is 1. The van der Waals surface area contributed by atoms with Crippen molar-refractivity contribution in [3.8, 4) is 5.75 Å². The summed E-state index contributed by atoms with van der Waals surface area (Å²) in [7, 11) is 1.58. The molecule has 1 aromatic carbocycles. The molecule has 0 spiro atoms. The summed E-state index contributed by atoms with van der Waals surface area (Å²) in [5, 5.41) is 6.61. The molecule has 0 aliphatic heterocycles. The van der Waals surface area contributed by atoms with Gasteiger partial charge in [-0.1, -0.05) is 12.1 Å². The van der Waals surface area contributed by atoms with Gasteiger partial charge in [-0.05, 0) is 54.9 Å². The first-order chi connectivity index (χ1) is 10.7. The van der Waals surface area contributed by atoms with Crippen LogP contribution in [-0.2, 0) is 6.42 Å². The molecule has 0 aliphatic carbocycles. The highest BCUT2D eigenvalue weighted by molar-refractivity contribution is 7.80. The molecule has 0 amide bonds. The topological polar surface area (TPSA) is 46.2 Å². The number of hydrogen-bond acceptors (Lipinski definition) is 3. The van der Waals surface area contributed by atoms with Gasteiger partial charge in [0.2, 0.25) is 0 Å². The van der Waals surface area contributed by atoms with E-state index in [1.54, 1.807) is 31.5 Å². The Morgan fingerprint density at radius 2 is 2.05 bits per heavy atom. The maximum atomic E-state index is 12.8. The van der Waals surface area contributed by atoms with Gasteiger partial charge in [0.05, 0.1) is 7.11 Å². The summed E-state index contributed by atoms with van der Waals surface area (Å²) in [5.74, 6) is 1.01. The molecule has 6 heteroatoms. The van der Waals surface area contributed by atoms with E-state index in [4.69, 9.17) is 17.0 Å². The zero-order valence-corrected chi connectivity index (χ0v) is 13.1. The van der Waals surface area contributed by atoms with Gasteiger partial charge in [0.25, 0.3) is 0 Å². The Labute approximate surface area is 134 Å². The molecule has 1 heterocycles. The van der Waals surface area contributed by atoms with Crippen molar-refractivity contribution in [1.29, 1.82) is 0 Å². The summed E-state index contributed by atoms with van der Waals surface area (Å²) >= 11 is 5.22. The smallest absolute Gasteiger partial charge is 0.174 e. The van der Waals surface area contributed by atoms with Crippen LogP contribution in [0.25, 0.3) is 0 Å². The molecule has 2 N–H and O–H groups in total. The number of aryl methyl sites for hydroxylation is 1. The number of pyridine rings is 1. The van der Waals surface area contributed by atoms with Crippen molar-refractivity contribution >= 4 is 23.1 Å². The number of nitrogens with one attached hydrogen (secondary N) is 2. The number of halogens is 1. The summed E-state index contributed by atoms with van der Waals surface area (Å²) in [6.45, 7) is 0.721. The van der Waals surface area contributed by atoms with Crippen LogP contribution in [0.5, 0.6) is 5.75 Å². The zero-order valence-electron chi connectivity index (χ0n) is 12.3. The molecule has 0 unspecified atom stereocenters. The van der Waals surface area contributed by atoms with Crippen molar-refractivity contribution in [2.24, 2.45) is 0 Å². The second-order valence-electron chi connectivity index (χ2n) is 4.67. The standard InChI is InChI=1S/C16H18FN3OS/c1-21-14-5-3-10-18-15(14)20-16(22)19-11-2-4-12-6-8-13(17)9-7-12/h3,5-10H,2,4,11H2,1H3,(H2,18,19,20,22). The van der Waals surface area contributed by atoms with Gasteiger partial charge < -0.3 is 15.4 Å². The third-order valence-electron chi connectivity index (χ3n) is 3.06. The average molecular weight is 319 g/mol. The molecule has 0 aliphatic rings. The van der Waals surface area contributed by atoms with Gasteiger partial charge in [-0.15, -0.1) is 0 Å². The molecule has 2 rings (SSSR count). The van der Waals surface area contributed by atoms with E-state index in [1.807, 2.05) is 6.07 Å². The molecule has 0 bridgehead atoms. The van der Waals surface area contributed by atoms with Gasteiger partial charge in [0, 0.05) is 12.7 Å². The van der Waals surface area contributed by atoms with Crippen LogP contribution in [-0.4, -0.2) is 23.8 Å². The minimum absolute atomic E-state index is 0.212. The van der Waals surface area contributed by atoms with Crippen LogP contribution in [0.3, 0.4) is 0 Å². The normalized spacial score (nSPS) is 10.1. The predicted octanol–water partition coefficient (Wildman–Crippen LogP) is 3.15. The largest absolute Gasteiger partial charge is 0.493 e. The summed E-state index contributed by atoms with van der Waals surface area (Å²) in [6.07, 6.45) is 3.43. The minimum Gasteiger partial charge on any atom is -0.493 e. The Morgan fingerprint density at radius 3 is 2.77 bits per heavy atom. The minimum atomic E-state index is -0.212. The van der Waals surface area contributed by atoms with Gasteiger partial charge in [0.15, 0.2) is 16.7 Å². The van der Waals surface area contributed by atoms with E-state index >= 15 is 0 Å². The quantitative estimate of drug-likeness (QED) is 0.633. The lowest BCUT2D eigenvalue weighted by Gasteiger charge is -2.12. The highest BCUT2D eigenvalue weighted by Crippen LogP contribution is 2.19. The maximum Gasteiger partial charge on any atom is 0.174 e. The van der Waals surface area contributed by atoms with Gasteiger partial charge in [-0.3, -0.25) is 0 Å². The van der Waals surface area contributed by atoms with Gasteiger partial charge >= 0.3 is 0 Å². The lowest BCUT2D eigenvalue weighted by atomic mass is 10.1. The summed E-state index contributed by atoms with van der Waals surface area (Å²) in [4.78, 5) is 4.17. The van der Waals surface area contributed by atoms with Gasteiger partial charge in [0.1, 0.15) is 5.82 Å². The monoisotopic (exact) mass is 319 g/mol. The van der Waals surface area contributed by atoms with E-state index in [0.29, 0.717) is 16.7 Å². The molecular formula is C16H18FN3OS. The molecule has 0 radical (unpaired) electrons. The fourth-order valence-corrected chi connectivity index (χ4v) is 2.15. The van der Waals surface area contributed by atoms with Crippen LogP contribution in [0.15, 0.2) is 42.6 Å². The third-order valence-corrected chi connectivity index (χ3v) is 3.31. The van der Waals surface area contributed by atoms with Crippen LogP contribution in [0, 0.1) is 5.82 Å². The Kier molecular flexibility index (Phi) is 6.09. The van der Waals surface area contributed by atoms with Gasteiger partial charge in [-0.2, -0.15) is 0 Å². The van der Waals surface area contributed by atoms with Crippen LogP contribution in [0.2, 0.25) is 0 Å².